The highest BCUT2D eigenvalue weighted by atomic mass is 16.5. The van der Waals surface area contributed by atoms with Crippen molar-refractivity contribution in [1.82, 2.24) is 0 Å². The highest BCUT2D eigenvalue weighted by Crippen LogP contribution is 2.31. The maximum absolute atomic E-state index is 5.74. The minimum Gasteiger partial charge on any atom is -0.381 e. The molecule has 0 amide bonds. The van der Waals surface area contributed by atoms with Crippen LogP contribution in [0.25, 0.3) is 0 Å². The molecule has 1 aromatic carbocycles. The van der Waals surface area contributed by atoms with Gasteiger partial charge in [0.25, 0.3) is 0 Å². The summed E-state index contributed by atoms with van der Waals surface area (Å²) < 4.78 is 5.45. The zero-order chi connectivity index (χ0) is 10.7. The first-order valence-electron chi connectivity index (χ1n) is 5.69. The van der Waals surface area contributed by atoms with E-state index in [4.69, 9.17) is 10.5 Å². The van der Waals surface area contributed by atoms with Crippen molar-refractivity contribution in [2.45, 2.75) is 25.2 Å². The van der Waals surface area contributed by atoms with Crippen LogP contribution in [0.1, 0.15) is 36.3 Å². The second kappa shape index (κ2) is 4.77. The topological polar surface area (TPSA) is 35.2 Å². The lowest BCUT2D eigenvalue weighted by Crippen LogP contribution is -2.12. The summed E-state index contributed by atoms with van der Waals surface area (Å²) in [4.78, 5) is 0. The normalized spacial score (nSPS) is 22.9. The van der Waals surface area contributed by atoms with E-state index in [0.717, 1.165) is 19.6 Å². The maximum Gasteiger partial charge on any atom is 0.0535 e. The highest BCUT2D eigenvalue weighted by molar-refractivity contribution is 5.33. The first-order chi connectivity index (χ1) is 7.33. The molecular formula is C13H19NO. The fourth-order valence-corrected chi connectivity index (χ4v) is 2.24. The van der Waals surface area contributed by atoms with Gasteiger partial charge in [0.15, 0.2) is 0 Å². The molecule has 0 aromatic heterocycles. The summed E-state index contributed by atoms with van der Waals surface area (Å²) in [5.41, 5.74) is 8.58. The monoisotopic (exact) mass is 205 g/mol. The number of benzene rings is 1. The van der Waals surface area contributed by atoms with Gasteiger partial charge < -0.3 is 10.5 Å². The number of hydrogen-bond acceptors (Lipinski definition) is 2. The number of nitrogens with two attached hydrogens (primary N) is 1. The molecule has 2 atom stereocenters. The Bertz CT molecular complexity index is 318. The molecule has 1 saturated heterocycles. The summed E-state index contributed by atoms with van der Waals surface area (Å²) in [6, 6.07) is 8.63. The number of ether oxygens (including phenoxy) is 1. The summed E-state index contributed by atoms with van der Waals surface area (Å²) in [5.74, 6) is 1.02. The lowest BCUT2D eigenvalue weighted by atomic mass is 9.88. The third-order valence-electron chi connectivity index (χ3n) is 3.25. The molecule has 15 heavy (non-hydrogen) atoms. The van der Waals surface area contributed by atoms with Crippen LogP contribution in [0.3, 0.4) is 0 Å². The minimum atomic E-state index is 0.446. The molecule has 0 spiro atoms. The van der Waals surface area contributed by atoms with E-state index in [2.05, 4.69) is 31.2 Å². The van der Waals surface area contributed by atoms with E-state index in [1.807, 2.05) is 0 Å². The van der Waals surface area contributed by atoms with Crippen LogP contribution in [0.15, 0.2) is 24.3 Å². The molecule has 2 rings (SSSR count). The molecule has 0 bridgehead atoms. The smallest absolute Gasteiger partial charge is 0.0535 e. The fourth-order valence-electron chi connectivity index (χ4n) is 2.24. The Kier molecular flexibility index (Phi) is 3.39. The van der Waals surface area contributed by atoms with Crippen LogP contribution in [0, 0.1) is 0 Å². The Morgan fingerprint density at radius 2 is 2.27 bits per heavy atom. The van der Waals surface area contributed by atoms with Gasteiger partial charge in [-0.05, 0) is 30.0 Å². The molecule has 2 nitrogen and oxygen atoms in total. The van der Waals surface area contributed by atoms with Gasteiger partial charge in [-0.1, -0.05) is 31.2 Å². The molecule has 1 aliphatic rings. The molecule has 1 heterocycles. The zero-order valence-electron chi connectivity index (χ0n) is 9.28. The molecular weight excluding hydrogens is 186 g/mol. The van der Waals surface area contributed by atoms with Crippen LogP contribution < -0.4 is 5.73 Å². The fraction of sp³-hybridized carbons (Fsp3) is 0.538. The lowest BCUT2D eigenvalue weighted by molar-refractivity contribution is 0.194. The first-order valence-corrected chi connectivity index (χ1v) is 5.69. The summed E-state index contributed by atoms with van der Waals surface area (Å²) in [6.07, 6.45) is 1.15. The predicted molar refractivity (Wildman–Crippen MR) is 62.1 cm³/mol. The van der Waals surface area contributed by atoms with Gasteiger partial charge in [-0.2, -0.15) is 0 Å². The predicted octanol–water partition coefficient (Wildman–Crippen LogP) is 2.25. The standard InChI is InChI=1S/C13H19NO/c1-10(8-14)12-4-2-3-5-13(12)11-6-7-15-9-11/h2-5,10-11H,6-9,14H2,1H3. The highest BCUT2D eigenvalue weighted by Gasteiger charge is 2.21. The van der Waals surface area contributed by atoms with Crippen molar-refractivity contribution in [3.8, 4) is 0 Å². The molecule has 1 aliphatic heterocycles. The van der Waals surface area contributed by atoms with Crippen LogP contribution in [0.2, 0.25) is 0 Å². The summed E-state index contributed by atoms with van der Waals surface area (Å²) in [7, 11) is 0. The molecule has 0 saturated carbocycles. The molecule has 1 fully saturated rings. The second-order valence-electron chi connectivity index (χ2n) is 4.33. The van der Waals surface area contributed by atoms with E-state index >= 15 is 0 Å². The minimum absolute atomic E-state index is 0.446. The van der Waals surface area contributed by atoms with E-state index < -0.39 is 0 Å². The van der Waals surface area contributed by atoms with Crippen molar-refractivity contribution in [2.24, 2.45) is 5.73 Å². The largest absolute Gasteiger partial charge is 0.381 e. The van der Waals surface area contributed by atoms with Crippen LogP contribution in [-0.2, 0) is 4.74 Å². The van der Waals surface area contributed by atoms with Gasteiger partial charge >= 0.3 is 0 Å². The van der Waals surface area contributed by atoms with Crippen molar-refractivity contribution < 1.29 is 4.74 Å². The van der Waals surface area contributed by atoms with Crippen molar-refractivity contribution in [3.63, 3.8) is 0 Å². The van der Waals surface area contributed by atoms with Crippen molar-refractivity contribution in [3.05, 3.63) is 35.4 Å². The Labute approximate surface area is 91.4 Å². The van der Waals surface area contributed by atoms with Crippen molar-refractivity contribution in [1.29, 1.82) is 0 Å². The third-order valence-corrected chi connectivity index (χ3v) is 3.25. The number of rotatable bonds is 3. The summed E-state index contributed by atoms with van der Waals surface area (Å²) in [5, 5.41) is 0. The zero-order valence-corrected chi connectivity index (χ0v) is 9.28. The average molecular weight is 205 g/mol. The summed E-state index contributed by atoms with van der Waals surface area (Å²) in [6.45, 7) is 4.67. The van der Waals surface area contributed by atoms with Gasteiger partial charge in [0.05, 0.1) is 6.61 Å². The van der Waals surface area contributed by atoms with Gasteiger partial charge in [0, 0.05) is 12.5 Å². The quantitative estimate of drug-likeness (QED) is 0.821. The molecule has 0 radical (unpaired) electrons. The Balaban J connectivity index is 2.28. The summed E-state index contributed by atoms with van der Waals surface area (Å²) >= 11 is 0. The number of hydrogen-bond donors (Lipinski definition) is 1. The van der Waals surface area contributed by atoms with E-state index in [0.29, 0.717) is 18.4 Å². The molecule has 0 aliphatic carbocycles. The maximum atomic E-state index is 5.74. The second-order valence-corrected chi connectivity index (χ2v) is 4.33. The van der Waals surface area contributed by atoms with Crippen LogP contribution in [0.4, 0.5) is 0 Å². The molecule has 1 aromatic rings. The van der Waals surface area contributed by atoms with Crippen LogP contribution >= 0.6 is 0 Å². The van der Waals surface area contributed by atoms with Gasteiger partial charge in [-0.3, -0.25) is 0 Å². The molecule has 2 unspecified atom stereocenters. The van der Waals surface area contributed by atoms with Gasteiger partial charge in [-0.25, -0.2) is 0 Å². The van der Waals surface area contributed by atoms with Crippen molar-refractivity contribution >= 4 is 0 Å². The Morgan fingerprint density at radius 3 is 2.93 bits per heavy atom. The van der Waals surface area contributed by atoms with E-state index in [1.54, 1.807) is 0 Å². The van der Waals surface area contributed by atoms with Crippen molar-refractivity contribution in [2.75, 3.05) is 19.8 Å². The van der Waals surface area contributed by atoms with Crippen LogP contribution in [-0.4, -0.2) is 19.8 Å². The molecule has 2 heteroatoms. The van der Waals surface area contributed by atoms with E-state index in [1.165, 1.54) is 11.1 Å². The first kappa shape index (κ1) is 10.7. The van der Waals surface area contributed by atoms with E-state index in [9.17, 15) is 0 Å². The van der Waals surface area contributed by atoms with Gasteiger partial charge in [0.2, 0.25) is 0 Å². The van der Waals surface area contributed by atoms with Crippen LogP contribution in [0.5, 0.6) is 0 Å². The Morgan fingerprint density at radius 1 is 1.47 bits per heavy atom. The Hall–Kier alpha value is -0.860. The van der Waals surface area contributed by atoms with Gasteiger partial charge in [-0.15, -0.1) is 0 Å². The average Bonchev–Trinajstić information content (AvgIpc) is 2.81. The SMILES string of the molecule is CC(CN)c1ccccc1C1CCOC1. The van der Waals surface area contributed by atoms with Gasteiger partial charge in [0.1, 0.15) is 0 Å². The third kappa shape index (κ3) is 2.21. The molecule has 82 valence electrons. The lowest BCUT2D eigenvalue weighted by Gasteiger charge is -2.18. The van der Waals surface area contributed by atoms with E-state index in [-0.39, 0.29) is 0 Å². The molecule has 2 N–H and O–H groups in total.